The molecule has 0 unspecified atom stereocenters. The summed E-state index contributed by atoms with van der Waals surface area (Å²) in [6, 6.07) is 5.01. The van der Waals surface area contributed by atoms with Crippen molar-refractivity contribution < 1.29 is 24.5 Å². The molecule has 9 heteroatoms. The maximum Gasteiger partial charge on any atom is 0.353 e. The summed E-state index contributed by atoms with van der Waals surface area (Å²) < 4.78 is 5.36. The molecule has 1 fully saturated rings. The fourth-order valence-electron chi connectivity index (χ4n) is 2.75. The summed E-state index contributed by atoms with van der Waals surface area (Å²) in [6.07, 6.45) is -0.840. The molecule has 3 heterocycles. The number of nitrogens with zero attached hydrogens (tertiary/aromatic N) is 2. The van der Waals surface area contributed by atoms with E-state index in [0.717, 1.165) is 0 Å². The van der Waals surface area contributed by atoms with E-state index >= 15 is 0 Å². The second kappa shape index (κ2) is 6.42. The van der Waals surface area contributed by atoms with Crippen molar-refractivity contribution in [1.29, 1.82) is 0 Å². The number of carboxylic acids is 1. The molecule has 3 atom stereocenters. The number of β-lactam (4-membered cyclic amide) rings is 1. The molecule has 0 bridgehead atoms. The van der Waals surface area contributed by atoms with E-state index in [0.29, 0.717) is 29.6 Å². The maximum atomic E-state index is 12.2. The molecule has 0 saturated carbocycles. The molecule has 2 aliphatic heterocycles. The van der Waals surface area contributed by atoms with Crippen LogP contribution >= 0.6 is 11.8 Å². The van der Waals surface area contributed by atoms with Crippen molar-refractivity contribution in [2.75, 3.05) is 13.2 Å². The van der Waals surface area contributed by atoms with Crippen LogP contribution in [-0.2, 0) is 9.59 Å². The van der Waals surface area contributed by atoms with E-state index in [1.807, 2.05) is 0 Å². The molecule has 24 heavy (non-hydrogen) atoms. The number of carboxylic acid groups (broad SMARTS) is 1. The van der Waals surface area contributed by atoms with Gasteiger partial charge in [0.05, 0.1) is 22.6 Å². The molecule has 4 N–H and O–H groups in total. The SMILES string of the molecule is C[C@@H](O)[C@H]1C(=O)N2C(C(=O)O)=C(c3cccc(OCCN)n3)S[C@H]12. The van der Waals surface area contributed by atoms with Crippen LogP contribution in [0, 0.1) is 5.92 Å². The van der Waals surface area contributed by atoms with Gasteiger partial charge in [-0.3, -0.25) is 9.69 Å². The summed E-state index contributed by atoms with van der Waals surface area (Å²) in [4.78, 5) is 29.7. The van der Waals surface area contributed by atoms with E-state index in [1.165, 1.54) is 23.6 Å². The lowest BCUT2D eigenvalue weighted by atomic mass is 9.92. The highest BCUT2D eigenvalue weighted by Crippen LogP contribution is 2.53. The Morgan fingerprint density at radius 3 is 2.92 bits per heavy atom. The minimum Gasteiger partial charge on any atom is -0.477 e. The number of ether oxygens (including phenoxy) is 1. The van der Waals surface area contributed by atoms with Crippen LogP contribution in [0.3, 0.4) is 0 Å². The summed E-state index contributed by atoms with van der Waals surface area (Å²) in [5.74, 6) is -1.86. The van der Waals surface area contributed by atoms with E-state index in [-0.39, 0.29) is 11.6 Å². The Bertz CT molecular complexity index is 721. The van der Waals surface area contributed by atoms with Crippen molar-refractivity contribution in [3.63, 3.8) is 0 Å². The number of hydrogen-bond donors (Lipinski definition) is 3. The molecule has 1 saturated heterocycles. The number of thioether (sulfide) groups is 1. The van der Waals surface area contributed by atoms with E-state index in [9.17, 15) is 19.8 Å². The summed E-state index contributed by atoms with van der Waals surface area (Å²) in [5, 5.41) is 18.8. The molecule has 3 rings (SSSR count). The first kappa shape index (κ1) is 16.7. The zero-order valence-corrected chi connectivity index (χ0v) is 13.7. The average molecular weight is 351 g/mol. The predicted molar refractivity (Wildman–Crippen MR) is 86.7 cm³/mol. The number of carbonyl (C=O) groups excluding carboxylic acids is 1. The number of hydrogen-bond acceptors (Lipinski definition) is 7. The van der Waals surface area contributed by atoms with Crippen LogP contribution in [0.25, 0.3) is 4.91 Å². The van der Waals surface area contributed by atoms with Crippen molar-refractivity contribution in [2.24, 2.45) is 11.7 Å². The quantitative estimate of drug-likeness (QED) is 0.615. The van der Waals surface area contributed by atoms with Gasteiger partial charge in [0, 0.05) is 12.6 Å². The first-order chi connectivity index (χ1) is 11.5. The van der Waals surface area contributed by atoms with Crippen molar-refractivity contribution in [3.05, 3.63) is 29.6 Å². The Kier molecular flexibility index (Phi) is 4.48. The van der Waals surface area contributed by atoms with Gasteiger partial charge in [0.1, 0.15) is 17.7 Å². The number of fused-ring (bicyclic) bond motifs is 1. The van der Waals surface area contributed by atoms with Gasteiger partial charge in [-0.1, -0.05) is 17.8 Å². The van der Waals surface area contributed by atoms with Gasteiger partial charge in [0.25, 0.3) is 0 Å². The smallest absolute Gasteiger partial charge is 0.353 e. The van der Waals surface area contributed by atoms with E-state index < -0.39 is 23.4 Å². The van der Waals surface area contributed by atoms with Gasteiger partial charge >= 0.3 is 5.97 Å². The first-order valence-electron chi connectivity index (χ1n) is 7.41. The third-order valence-corrected chi connectivity index (χ3v) is 5.21. The molecule has 1 aromatic rings. The first-order valence-corrected chi connectivity index (χ1v) is 8.29. The minimum absolute atomic E-state index is 0.102. The van der Waals surface area contributed by atoms with Crippen molar-refractivity contribution in [3.8, 4) is 5.88 Å². The topological polar surface area (TPSA) is 126 Å². The summed E-state index contributed by atoms with van der Waals surface area (Å²) >= 11 is 1.22. The van der Waals surface area contributed by atoms with Crippen LogP contribution in [0.15, 0.2) is 23.9 Å². The average Bonchev–Trinajstić information content (AvgIpc) is 2.88. The second-order valence-electron chi connectivity index (χ2n) is 5.46. The number of aromatic nitrogens is 1. The normalized spacial score (nSPS) is 23.8. The molecule has 2 aliphatic rings. The van der Waals surface area contributed by atoms with Crippen molar-refractivity contribution in [1.82, 2.24) is 9.88 Å². The van der Waals surface area contributed by atoms with E-state index in [1.54, 1.807) is 18.2 Å². The van der Waals surface area contributed by atoms with Gasteiger partial charge in [0.15, 0.2) is 0 Å². The molecule has 0 aromatic carbocycles. The zero-order valence-electron chi connectivity index (χ0n) is 12.9. The number of aliphatic hydroxyl groups excluding tert-OH is 1. The summed E-state index contributed by atoms with van der Waals surface area (Å²) in [5.41, 5.74) is 5.70. The van der Waals surface area contributed by atoms with Crippen LogP contribution < -0.4 is 10.5 Å². The van der Waals surface area contributed by atoms with Gasteiger partial charge in [-0.25, -0.2) is 9.78 Å². The lowest BCUT2D eigenvalue weighted by molar-refractivity contribution is -0.156. The standard InChI is InChI=1S/C15H17N3O5S/c1-7(19)10-13(20)18-11(15(21)22)12(24-14(10)18)8-3-2-4-9(17-8)23-6-5-16/h2-4,7,10,14,19H,5-6,16H2,1H3,(H,21,22)/t7-,10+,14-/m1/s1. The molecule has 1 amide bonds. The lowest BCUT2D eigenvalue weighted by Crippen LogP contribution is -2.60. The van der Waals surface area contributed by atoms with Gasteiger partial charge < -0.3 is 20.7 Å². The summed E-state index contributed by atoms with van der Waals surface area (Å²) in [6.45, 7) is 2.16. The van der Waals surface area contributed by atoms with E-state index in [2.05, 4.69) is 4.98 Å². The molecule has 0 aliphatic carbocycles. The summed E-state index contributed by atoms with van der Waals surface area (Å²) in [7, 11) is 0. The Morgan fingerprint density at radius 1 is 1.54 bits per heavy atom. The molecular weight excluding hydrogens is 334 g/mol. The number of aliphatic hydroxyl groups is 1. The monoisotopic (exact) mass is 351 g/mol. The van der Waals surface area contributed by atoms with Crippen LogP contribution in [0.1, 0.15) is 12.6 Å². The third-order valence-electron chi connectivity index (χ3n) is 3.83. The molecule has 128 valence electrons. The van der Waals surface area contributed by atoms with Crippen molar-refractivity contribution in [2.45, 2.75) is 18.4 Å². The number of carbonyl (C=O) groups is 2. The minimum atomic E-state index is -1.20. The van der Waals surface area contributed by atoms with Crippen LogP contribution in [-0.4, -0.2) is 56.6 Å². The molecule has 0 radical (unpaired) electrons. The molecule has 8 nitrogen and oxygen atoms in total. The maximum absolute atomic E-state index is 12.2. The molecule has 0 spiro atoms. The van der Waals surface area contributed by atoms with Crippen LogP contribution in [0.2, 0.25) is 0 Å². The Morgan fingerprint density at radius 2 is 2.29 bits per heavy atom. The number of aliphatic carboxylic acids is 1. The molecular formula is C15H17N3O5S. The number of pyridine rings is 1. The van der Waals surface area contributed by atoms with Gasteiger partial charge in [-0.2, -0.15) is 0 Å². The third kappa shape index (κ3) is 2.64. The van der Waals surface area contributed by atoms with Crippen molar-refractivity contribution >= 4 is 28.5 Å². The van der Waals surface area contributed by atoms with Crippen LogP contribution in [0.4, 0.5) is 0 Å². The molecule has 1 aromatic heterocycles. The highest BCUT2D eigenvalue weighted by molar-refractivity contribution is 8.09. The Balaban J connectivity index is 1.95. The van der Waals surface area contributed by atoms with Gasteiger partial charge in [-0.05, 0) is 13.0 Å². The largest absolute Gasteiger partial charge is 0.477 e. The highest BCUT2D eigenvalue weighted by atomic mass is 32.2. The second-order valence-corrected chi connectivity index (χ2v) is 6.59. The number of amides is 1. The zero-order chi connectivity index (χ0) is 17.4. The fourth-order valence-corrected chi connectivity index (χ4v) is 4.33. The Labute approximate surface area is 142 Å². The van der Waals surface area contributed by atoms with Gasteiger partial charge in [-0.15, -0.1) is 0 Å². The Hall–Kier alpha value is -2.10. The highest BCUT2D eigenvalue weighted by Gasteiger charge is 2.57. The van der Waals surface area contributed by atoms with Gasteiger partial charge in [0.2, 0.25) is 11.8 Å². The fraction of sp³-hybridized carbons (Fsp3) is 0.400. The predicted octanol–water partition coefficient (Wildman–Crippen LogP) is 0.0844. The number of nitrogens with two attached hydrogens (primary N) is 1. The lowest BCUT2D eigenvalue weighted by Gasteiger charge is -2.43. The number of rotatable bonds is 6. The van der Waals surface area contributed by atoms with E-state index in [4.69, 9.17) is 10.5 Å². The van der Waals surface area contributed by atoms with Crippen LogP contribution in [0.5, 0.6) is 5.88 Å².